The van der Waals surface area contributed by atoms with Crippen molar-refractivity contribution < 1.29 is 14.6 Å². The molecule has 0 aromatic heterocycles. The van der Waals surface area contributed by atoms with Gasteiger partial charge in [0.05, 0.1) is 11.6 Å². The summed E-state index contributed by atoms with van der Waals surface area (Å²) in [5.74, 6) is -0.0970. The van der Waals surface area contributed by atoms with Crippen molar-refractivity contribution in [1.82, 2.24) is 0 Å². The average molecular weight is 322 g/mol. The Labute approximate surface area is 114 Å². The number of aliphatic carboxylic acids is 1. The molecule has 1 aromatic rings. The minimum absolute atomic E-state index is 0.220. The van der Waals surface area contributed by atoms with Gasteiger partial charge >= 0.3 is 5.97 Å². The van der Waals surface area contributed by atoms with Gasteiger partial charge in [0.15, 0.2) is 0 Å². The summed E-state index contributed by atoms with van der Waals surface area (Å²) in [4.78, 5) is 10.3. The molecule has 0 unspecified atom stereocenters. The van der Waals surface area contributed by atoms with Gasteiger partial charge in [-0.2, -0.15) is 0 Å². The van der Waals surface area contributed by atoms with Crippen LogP contribution in [0.2, 0.25) is 5.02 Å². The van der Waals surface area contributed by atoms with E-state index in [-0.39, 0.29) is 6.42 Å². The van der Waals surface area contributed by atoms with Crippen molar-refractivity contribution in [3.63, 3.8) is 0 Å². The van der Waals surface area contributed by atoms with Crippen LogP contribution in [0.5, 0.6) is 5.75 Å². The van der Waals surface area contributed by atoms with Crippen LogP contribution in [-0.4, -0.2) is 17.7 Å². The fourth-order valence-corrected chi connectivity index (χ4v) is 1.84. The smallest absolute Gasteiger partial charge is 0.303 e. The molecule has 0 atom stereocenters. The van der Waals surface area contributed by atoms with Gasteiger partial charge in [0.2, 0.25) is 0 Å². The molecule has 0 aliphatic rings. The molecule has 0 saturated heterocycles. The lowest BCUT2D eigenvalue weighted by Crippen LogP contribution is -1.99. The van der Waals surface area contributed by atoms with E-state index >= 15 is 0 Å². The molecule has 0 amide bonds. The third-order valence-electron chi connectivity index (χ3n) is 2.19. The first kappa shape index (κ1) is 14.3. The Kier molecular flexibility index (Phi) is 6.37. The monoisotopic (exact) mass is 320 g/mol. The van der Waals surface area contributed by atoms with E-state index < -0.39 is 5.97 Å². The van der Waals surface area contributed by atoms with E-state index in [9.17, 15) is 4.79 Å². The summed E-state index contributed by atoms with van der Waals surface area (Å²) in [5, 5.41) is 9.04. The molecular weight excluding hydrogens is 307 g/mol. The molecule has 0 aliphatic carbocycles. The lowest BCUT2D eigenvalue weighted by molar-refractivity contribution is -0.137. The van der Waals surface area contributed by atoms with Gasteiger partial charge in [-0.15, -0.1) is 0 Å². The van der Waals surface area contributed by atoms with Crippen molar-refractivity contribution in [1.29, 1.82) is 0 Å². The summed E-state index contributed by atoms with van der Waals surface area (Å²) in [7, 11) is 0. The van der Waals surface area contributed by atoms with Gasteiger partial charge in [0, 0.05) is 10.9 Å². The quantitative estimate of drug-likeness (QED) is 0.768. The maximum atomic E-state index is 10.3. The number of benzene rings is 1. The summed E-state index contributed by atoms with van der Waals surface area (Å²) in [6.45, 7) is 0.551. The van der Waals surface area contributed by atoms with Crippen LogP contribution in [0, 0.1) is 0 Å². The summed E-state index contributed by atoms with van der Waals surface area (Å²) in [6.07, 6.45) is 2.58. The maximum Gasteiger partial charge on any atom is 0.303 e. The van der Waals surface area contributed by atoms with Crippen molar-refractivity contribution in [2.45, 2.75) is 25.7 Å². The van der Waals surface area contributed by atoms with Crippen LogP contribution in [-0.2, 0) is 4.79 Å². The lowest BCUT2D eigenvalue weighted by atomic mass is 10.2. The number of hydrogen-bond acceptors (Lipinski definition) is 2. The molecule has 1 N–H and O–H groups in total. The third kappa shape index (κ3) is 5.94. The fraction of sp³-hybridized carbons (Fsp3) is 0.417. The SMILES string of the molecule is O=C(O)CCCCCOc1cc(Br)ccc1Cl. The Morgan fingerprint density at radius 1 is 1.35 bits per heavy atom. The number of rotatable bonds is 7. The largest absolute Gasteiger partial charge is 0.492 e. The van der Waals surface area contributed by atoms with E-state index in [1.807, 2.05) is 12.1 Å². The van der Waals surface area contributed by atoms with Crippen LogP contribution < -0.4 is 4.74 Å². The molecule has 0 bridgehead atoms. The second-order valence-electron chi connectivity index (χ2n) is 3.63. The summed E-state index contributed by atoms with van der Waals surface area (Å²) < 4.78 is 6.43. The minimum atomic E-state index is -0.749. The molecule has 0 saturated carbocycles. The summed E-state index contributed by atoms with van der Waals surface area (Å²) in [5.41, 5.74) is 0. The minimum Gasteiger partial charge on any atom is -0.492 e. The molecule has 1 aromatic carbocycles. The van der Waals surface area contributed by atoms with Crippen LogP contribution in [0.1, 0.15) is 25.7 Å². The van der Waals surface area contributed by atoms with E-state index in [0.717, 1.165) is 17.3 Å². The molecule has 1 rings (SSSR count). The van der Waals surface area contributed by atoms with Gasteiger partial charge in [0.1, 0.15) is 5.75 Å². The lowest BCUT2D eigenvalue weighted by Gasteiger charge is -2.08. The van der Waals surface area contributed by atoms with Gasteiger partial charge in [0.25, 0.3) is 0 Å². The molecule has 0 fully saturated rings. The number of ether oxygens (including phenoxy) is 1. The zero-order chi connectivity index (χ0) is 12.7. The average Bonchev–Trinajstić information content (AvgIpc) is 2.27. The van der Waals surface area contributed by atoms with Crippen LogP contribution in [0.15, 0.2) is 22.7 Å². The standard InChI is InChI=1S/C12H14BrClO3/c13-9-5-6-10(14)11(8-9)17-7-3-1-2-4-12(15)16/h5-6,8H,1-4,7H2,(H,15,16). The Hall–Kier alpha value is -0.740. The second-order valence-corrected chi connectivity index (χ2v) is 4.95. The predicted octanol–water partition coefficient (Wildman–Crippen LogP) is 4.13. The van der Waals surface area contributed by atoms with Gasteiger partial charge in [-0.05, 0) is 37.5 Å². The highest BCUT2D eigenvalue weighted by Gasteiger charge is 2.02. The van der Waals surface area contributed by atoms with E-state index in [2.05, 4.69) is 15.9 Å². The number of carboxylic acids is 1. The summed E-state index contributed by atoms with van der Waals surface area (Å²) in [6, 6.07) is 5.44. The molecule has 94 valence electrons. The number of halogens is 2. The zero-order valence-corrected chi connectivity index (χ0v) is 11.6. The zero-order valence-electron chi connectivity index (χ0n) is 9.29. The molecular formula is C12H14BrClO3. The van der Waals surface area contributed by atoms with Crippen LogP contribution >= 0.6 is 27.5 Å². The molecule has 0 aliphatic heterocycles. The topological polar surface area (TPSA) is 46.5 Å². The third-order valence-corrected chi connectivity index (χ3v) is 2.99. The fourth-order valence-electron chi connectivity index (χ4n) is 1.32. The highest BCUT2D eigenvalue weighted by atomic mass is 79.9. The number of hydrogen-bond donors (Lipinski definition) is 1. The summed E-state index contributed by atoms with van der Waals surface area (Å²) >= 11 is 9.30. The molecule has 0 spiro atoms. The first-order chi connectivity index (χ1) is 8.09. The Bertz CT molecular complexity index is 382. The Morgan fingerprint density at radius 2 is 2.12 bits per heavy atom. The molecule has 5 heteroatoms. The first-order valence-corrected chi connectivity index (χ1v) is 6.56. The van der Waals surface area contributed by atoms with Crippen LogP contribution in [0.3, 0.4) is 0 Å². The van der Waals surface area contributed by atoms with Gasteiger partial charge in [-0.1, -0.05) is 27.5 Å². The van der Waals surface area contributed by atoms with Gasteiger partial charge in [-0.25, -0.2) is 0 Å². The Morgan fingerprint density at radius 3 is 2.82 bits per heavy atom. The molecule has 3 nitrogen and oxygen atoms in total. The molecule has 0 heterocycles. The van der Waals surface area contributed by atoms with Crippen molar-refractivity contribution in [3.8, 4) is 5.75 Å². The van der Waals surface area contributed by atoms with Crippen LogP contribution in [0.25, 0.3) is 0 Å². The Balaban J connectivity index is 2.22. The van der Waals surface area contributed by atoms with Gasteiger partial charge < -0.3 is 9.84 Å². The molecule has 17 heavy (non-hydrogen) atoms. The highest BCUT2D eigenvalue weighted by molar-refractivity contribution is 9.10. The maximum absolute atomic E-state index is 10.3. The number of unbranched alkanes of at least 4 members (excludes halogenated alkanes) is 2. The van der Waals surface area contributed by atoms with E-state index in [0.29, 0.717) is 23.8 Å². The number of carboxylic acid groups (broad SMARTS) is 1. The normalized spacial score (nSPS) is 10.2. The highest BCUT2D eigenvalue weighted by Crippen LogP contribution is 2.28. The predicted molar refractivity (Wildman–Crippen MR) is 70.8 cm³/mol. The van der Waals surface area contributed by atoms with Crippen molar-refractivity contribution in [3.05, 3.63) is 27.7 Å². The van der Waals surface area contributed by atoms with Crippen LogP contribution in [0.4, 0.5) is 0 Å². The first-order valence-electron chi connectivity index (χ1n) is 5.39. The van der Waals surface area contributed by atoms with Crippen molar-refractivity contribution in [2.24, 2.45) is 0 Å². The van der Waals surface area contributed by atoms with E-state index in [1.165, 1.54) is 0 Å². The van der Waals surface area contributed by atoms with E-state index in [1.54, 1.807) is 6.07 Å². The second kappa shape index (κ2) is 7.56. The number of carbonyl (C=O) groups is 1. The van der Waals surface area contributed by atoms with Gasteiger partial charge in [-0.3, -0.25) is 4.79 Å². The van der Waals surface area contributed by atoms with Crippen molar-refractivity contribution >= 4 is 33.5 Å². The van der Waals surface area contributed by atoms with Crippen molar-refractivity contribution in [2.75, 3.05) is 6.61 Å². The molecule has 0 radical (unpaired) electrons. The van der Waals surface area contributed by atoms with E-state index in [4.69, 9.17) is 21.4 Å².